The Morgan fingerprint density at radius 3 is 2.78 bits per heavy atom. The first kappa shape index (κ1) is 11.3. The summed E-state index contributed by atoms with van der Waals surface area (Å²) in [5.41, 5.74) is 0.619. The van der Waals surface area contributed by atoms with Crippen LogP contribution >= 0.6 is 0 Å². The minimum absolute atomic E-state index is 0.364. The summed E-state index contributed by atoms with van der Waals surface area (Å²) < 4.78 is 13.1. The number of aromatic nitrogens is 4. The Labute approximate surface area is 105 Å². The molecule has 3 rings (SSSR count). The Bertz CT molecular complexity index is 531. The Morgan fingerprint density at radius 1 is 1.17 bits per heavy atom. The Hall–Kier alpha value is -1.78. The highest BCUT2D eigenvalue weighted by molar-refractivity contribution is 5.52. The fourth-order valence-electron chi connectivity index (χ4n) is 2.50. The topological polar surface area (TPSA) is 54.5 Å². The standard InChI is InChI=1S/C13H15FN4/c14-11-6-10(7-15-8-11)13-16-12(17-18-13)9-4-2-1-3-5-9/h6-9H,1-5H2,(H,16,17,18). The molecule has 0 saturated heterocycles. The van der Waals surface area contributed by atoms with Gasteiger partial charge < -0.3 is 0 Å². The number of rotatable bonds is 2. The number of hydrogen-bond acceptors (Lipinski definition) is 3. The molecule has 0 aromatic carbocycles. The molecular formula is C13H15FN4. The first-order valence-corrected chi connectivity index (χ1v) is 6.36. The molecule has 94 valence electrons. The van der Waals surface area contributed by atoms with E-state index in [1.165, 1.54) is 31.5 Å². The molecule has 0 spiro atoms. The van der Waals surface area contributed by atoms with Crippen LogP contribution in [-0.2, 0) is 0 Å². The third-order valence-corrected chi connectivity index (χ3v) is 3.46. The van der Waals surface area contributed by atoms with Gasteiger partial charge in [0, 0.05) is 17.7 Å². The molecule has 5 heteroatoms. The van der Waals surface area contributed by atoms with Crippen molar-refractivity contribution in [1.82, 2.24) is 20.2 Å². The number of hydrogen-bond donors (Lipinski definition) is 1. The number of pyridine rings is 1. The van der Waals surface area contributed by atoms with Gasteiger partial charge in [-0.2, -0.15) is 5.10 Å². The molecule has 0 amide bonds. The van der Waals surface area contributed by atoms with Crippen LogP contribution in [0.5, 0.6) is 0 Å². The van der Waals surface area contributed by atoms with E-state index in [1.807, 2.05) is 0 Å². The predicted octanol–water partition coefficient (Wildman–Crippen LogP) is 3.05. The van der Waals surface area contributed by atoms with Gasteiger partial charge in [0.2, 0.25) is 0 Å². The summed E-state index contributed by atoms with van der Waals surface area (Å²) in [7, 11) is 0. The maximum Gasteiger partial charge on any atom is 0.182 e. The summed E-state index contributed by atoms with van der Waals surface area (Å²) >= 11 is 0. The van der Waals surface area contributed by atoms with Crippen molar-refractivity contribution in [3.8, 4) is 11.4 Å². The number of nitrogens with zero attached hydrogens (tertiary/aromatic N) is 3. The van der Waals surface area contributed by atoms with Crippen molar-refractivity contribution in [2.75, 3.05) is 0 Å². The normalized spacial score (nSPS) is 16.9. The Morgan fingerprint density at radius 2 is 2.00 bits per heavy atom. The van der Waals surface area contributed by atoms with E-state index in [-0.39, 0.29) is 5.82 Å². The maximum absolute atomic E-state index is 13.1. The molecule has 2 heterocycles. The molecule has 4 nitrogen and oxygen atoms in total. The summed E-state index contributed by atoms with van der Waals surface area (Å²) in [5.74, 6) is 1.56. The molecule has 18 heavy (non-hydrogen) atoms. The first-order valence-electron chi connectivity index (χ1n) is 6.36. The van der Waals surface area contributed by atoms with Gasteiger partial charge in [-0.3, -0.25) is 10.1 Å². The summed E-state index contributed by atoms with van der Waals surface area (Å²) in [6.07, 6.45) is 8.90. The van der Waals surface area contributed by atoms with Crippen LogP contribution in [0.15, 0.2) is 18.5 Å². The lowest BCUT2D eigenvalue weighted by molar-refractivity contribution is 0.429. The van der Waals surface area contributed by atoms with Crippen molar-refractivity contribution in [3.05, 3.63) is 30.1 Å². The van der Waals surface area contributed by atoms with Gasteiger partial charge in [-0.25, -0.2) is 9.37 Å². The summed E-state index contributed by atoms with van der Waals surface area (Å²) in [6, 6.07) is 1.40. The van der Waals surface area contributed by atoms with Crippen molar-refractivity contribution in [1.29, 1.82) is 0 Å². The molecule has 0 radical (unpaired) electrons. The van der Waals surface area contributed by atoms with Gasteiger partial charge in [0.05, 0.1) is 6.20 Å². The number of H-pyrrole nitrogens is 1. The highest BCUT2D eigenvalue weighted by atomic mass is 19.1. The SMILES string of the molecule is Fc1cncc(-c2n[nH]c(C3CCCCC3)n2)c1. The minimum atomic E-state index is -0.364. The quantitative estimate of drug-likeness (QED) is 0.886. The second-order valence-electron chi connectivity index (χ2n) is 4.77. The minimum Gasteiger partial charge on any atom is -0.262 e. The predicted molar refractivity (Wildman–Crippen MR) is 65.4 cm³/mol. The molecule has 1 aliphatic carbocycles. The van der Waals surface area contributed by atoms with Crippen LogP contribution in [-0.4, -0.2) is 20.2 Å². The molecule has 0 bridgehead atoms. The zero-order valence-electron chi connectivity index (χ0n) is 10.1. The molecule has 1 N–H and O–H groups in total. The van der Waals surface area contributed by atoms with Crippen molar-refractivity contribution in [2.45, 2.75) is 38.0 Å². The highest BCUT2D eigenvalue weighted by Gasteiger charge is 2.19. The van der Waals surface area contributed by atoms with Crippen LogP contribution < -0.4 is 0 Å². The van der Waals surface area contributed by atoms with E-state index < -0.39 is 0 Å². The van der Waals surface area contributed by atoms with Crippen molar-refractivity contribution < 1.29 is 4.39 Å². The Balaban J connectivity index is 1.84. The largest absolute Gasteiger partial charge is 0.262 e. The van der Waals surface area contributed by atoms with E-state index in [2.05, 4.69) is 20.2 Å². The van der Waals surface area contributed by atoms with Crippen molar-refractivity contribution >= 4 is 0 Å². The monoisotopic (exact) mass is 246 g/mol. The van der Waals surface area contributed by atoms with Crippen LogP contribution in [0, 0.1) is 5.82 Å². The van der Waals surface area contributed by atoms with Crippen molar-refractivity contribution in [2.24, 2.45) is 0 Å². The molecular weight excluding hydrogens is 231 g/mol. The number of halogens is 1. The van der Waals surface area contributed by atoms with E-state index in [0.29, 0.717) is 17.3 Å². The molecule has 2 aromatic rings. The number of nitrogens with one attached hydrogen (secondary N) is 1. The van der Waals surface area contributed by atoms with Crippen LogP contribution in [0.3, 0.4) is 0 Å². The Kier molecular flexibility index (Phi) is 3.04. The van der Waals surface area contributed by atoms with Crippen LogP contribution in [0.2, 0.25) is 0 Å². The fraction of sp³-hybridized carbons (Fsp3) is 0.462. The summed E-state index contributed by atoms with van der Waals surface area (Å²) in [6.45, 7) is 0. The molecule has 1 saturated carbocycles. The molecule has 0 aliphatic heterocycles. The van der Waals surface area contributed by atoms with Gasteiger partial charge in [-0.1, -0.05) is 19.3 Å². The van der Waals surface area contributed by atoms with Crippen molar-refractivity contribution in [3.63, 3.8) is 0 Å². The van der Waals surface area contributed by atoms with E-state index >= 15 is 0 Å². The zero-order valence-corrected chi connectivity index (χ0v) is 10.1. The average Bonchev–Trinajstić information content (AvgIpc) is 2.89. The van der Waals surface area contributed by atoms with E-state index in [9.17, 15) is 4.39 Å². The van der Waals surface area contributed by atoms with Crippen LogP contribution in [0.25, 0.3) is 11.4 Å². The lowest BCUT2D eigenvalue weighted by Crippen LogP contribution is -2.06. The first-order chi connectivity index (χ1) is 8.83. The highest BCUT2D eigenvalue weighted by Crippen LogP contribution is 2.31. The molecule has 0 unspecified atom stereocenters. The van der Waals surface area contributed by atoms with Gasteiger partial charge in [0.1, 0.15) is 11.6 Å². The van der Waals surface area contributed by atoms with E-state index in [1.54, 1.807) is 6.20 Å². The second kappa shape index (κ2) is 4.84. The fourth-order valence-corrected chi connectivity index (χ4v) is 2.50. The lowest BCUT2D eigenvalue weighted by atomic mass is 9.89. The van der Waals surface area contributed by atoms with Gasteiger partial charge in [0.15, 0.2) is 5.82 Å². The molecule has 2 aromatic heterocycles. The third-order valence-electron chi connectivity index (χ3n) is 3.46. The summed E-state index contributed by atoms with van der Waals surface area (Å²) in [5, 5.41) is 7.14. The summed E-state index contributed by atoms with van der Waals surface area (Å²) in [4.78, 5) is 8.29. The van der Waals surface area contributed by atoms with Gasteiger partial charge >= 0.3 is 0 Å². The molecule has 1 fully saturated rings. The molecule has 1 aliphatic rings. The van der Waals surface area contributed by atoms with Gasteiger partial charge in [0.25, 0.3) is 0 Å². The van der Waals surface area contributed by atoms with Gasteiger partial charge in [-0.15, -0.1) is 0 Å². The lowest BCUT2D eigenvalue weighted by Gasteiger charge is -2.18. The average molecular weight is 246 g/mol. The second-order valence-corrected chi connectivity index (χ2v) is 4.77. The number of aromatic amines is 1. The zero-order chi connectivity index (χ0) is 12.4. The smallest absolute Gasteiger partial charge is 0.182 e. The van der Waals surface area contributed by atoms with Crippen LogP contribution in [0.4, 0.5) is 4.39 Å². The molecule has 0 atom stereocenters. The van der Waals surface area contributed by atoms with Gasteiger partial charge in [-0.05, 0) is 18.9 Å². The maximum atomic E-state index is 13.1. The van der Waals surface area contributed by atoms with E-state index in [4.69, 9.17) is 0 Å². The van der Waals surface area contributed by atoms with Crippen LogP contribution in [0.1, 0.15) is 43.8 Å². The van der Waals surface area contributed by atoms with E-state index in [0.717, 1.165) is 18.7 Å². The third kappa shape index (κ3) is 2.25.